The molecule has 0 heterocycles. The maximum absolute atomic E-state index is 11.7. The van der Waals surface area contributed by atoms with Gasteiger partial charge in [-0.05, 0) is 12.8 Å². The highest BCUT2D eigenvalue weighted by atomic mass is 19.4. The van der Waals surface area contributed by atoms with E-state index in [2.05, 4.69) is 15.4 Å². The van der Waals surface area contributed by atoms with Gasteiger partial charge in [-0.3, -0.25) is 4.79 Å². The molecule has 0 bridgehead atoms. The van der Waals surface area contributed by atoms with Crippen molar-refractivity contribution in [2.24, 2.45) is 0 Å². The van der Waals surface area contributed by atoms with Gasteiger partial charge < -0.3 is 20.5 Å². The second-order valence-corrected chi connectivity index (χ2v) is 4.41. The molecule has 0 aromatic heterocycles. The molecule has 0 aliphatic rings. The van der Waals surface area contributed by atoms with Gasteiger partial charge in [-0.25, -0.2) is 4.79 Å². The van der Waals surface area contributed by atoms with Crippen LogP contribution in [0.2, 0.25) is 0 Å². The molecule has 0 radical (unpaired) electrons. The van der Waals surface area contributed by atoms with Crippen molar-refractivity contribution in [1.82, 2.24) is 10.6 Å². The van der Waals surface area contributed by atoms with E-state index in [9.17, 15) is 22.8 Å². The molecule has 0 aromatic carbocycles. The van der Waals surface area contributed by atoms with Crippen LogP contribution in [0.3, 0.4) is 0 Å². The molecule has 0 saturated carbocycles. The third kappa shape index (κ3) is 16.4. The van der Waals surface area contributed by atoms with Gasteiger partial charge in [-0.1, -0.05) is 12.8 Å². The SMILES string of the molecule is O=C(O)CCCCCCNC(=O)NCCOCC(F)(F)F. The molecule has 0 unspecified atom stereocenters. The van der Waals surface area contributed by atoms with Crippen molar-refractivity contribution >= 4 is 12.0 Å². The molecule has 9 heteroatoms. The quantitative estimate of drug-likeness (QED) is 0.508. The van der Waals surface area contributed by atoms with Crippen molar-refractivity contribution in [1.29, 1.82) is 0 Å². The van der Waals surface area contributed by atoms with Crippen molar-refractivity contribution in [3.8, 4) is 0 Å². The molecule has 0 aliphatic carbocycles. The fourth-order valence-electron chi connectivity index (χ4n) is 1.44. The predicted molar refractivity (Wildman–Crippen MR) is 69.0 cm³/mol. The second kappa shape index (κ2) is 11.2. The van der Waals surface area contributed by atoms with Crippen LogP contribution in [0.25, 0.3) is 0 Å². The van der Waals surface area contributed by atoms with Crippen LogP contribution in [-0.4, -0.2) is 49.6 Å². The van der Waals surface area contributed by atoms with E-state index in [0.717, 1.165) is 19.3 Å². The number of rotatable bonds is 11. The Bertz CT molecular complexity index is 311. The zero-order valence-electron chi connectivity index (χ0n) is 11.7. The minimum Gasteiger partial charge on any atom is -0.481 e. The molecule has 0 saturated heterocycles. The van der Waals surface area contributed by atoms with Gasteiger partial charge in [-0.2, -0.15) is 13.2 Å². The van der Waals surface area contributed by atoms with Gasteiger partial charge in [-0.15, -0.1) is 0 Å². The molecular weight excluding hydrogens is 293 g/mol. The first-order valence-corrected chi connectivity index (χ1v) is 6.69. The summed E-state index contributed by atoms with van der Waals surface area (Å²) in [6.07, 6.45) is -1.30. The predicted octanol–water partition coefficient (Wildman–Crippen LogP) is 1.90. The number of aliphatic carboxylic acids is 1. The van der Waals surface area contributed by atoms with E-state index >= 15 is 0 Å². The Morgan fingerprint density at radius 1 is 1.00 bits per heavy atom. The summed E-state index contributed by atoms with van der Waals surface area (Å²) in [6.45, 7) is -1.10. The number of halogens is 3. The highest BCUT2D eigenvalue weighted by Gasteiger charge is 2.27. The van der Waals surface area contributed by atoms with Gasteiger partial charge in [0.2, 0.25) is 0 Å². The van der Waals surface area contributed by atoms with Gasteiger partial charge >= 0.3 is 18.2 Å². The van der Waals surface area contributed by atoms with E-state index in [-0.39, 0.29) is 19.6 Å². The third-order valence-electron chi connectivity index (χ3n) is 2.40. The second-order valence-electron chi connectivity index (χ2n) is 4.41. The zero-order chi connectivity index (χ0) is 16.1. The van der Waals surface area contributed by atoms with E-state index in [1.54, 1.807) is 0 Å². The minimum absolute atomic E-state index is 0.000521. The Morgan fingerprint density at radius 3 is 2.24 bits per heavy atom. The molecule has 124 valence electrons. The Labute approximate surface area is 121 Å². The average Bonchev–Trinajstić information content (AvgIpc) is 2.35. The van der Waals surface area contributed by atoms with Gasteiger partial charge in [0.25, 0.3) is 0 Å². The van der Waals surface area contributed by atoms with Crippen LogP contribution in [0.1, 0.15) is 32.1 Å². The highest BCUT2D eigenvalue weighted by molar-refractivity contribution is 5.73. The van der Waals surface area contributed by atoms with E-state index in [1.807, 2.05) is 0 Å². The normalized spacial score (nSPS) is 11.2. The Kier molecular flexibility index (Phi) is 10.4. The maximum Gasteiger partial charge on any atom is 0.411 e. The first-order valence-electron chi connectivity index (χ1n) is 6.69. The van der Waals surface area contributed by atoms with Gasteiger partial charge in [0.15, 0.2) is 0 Å². The summed E-state index contributed by atoms with van der Waals surface area (Å²) >= 11 is 0. The number of carbonyl (C=O) groups is 2. The molecule has 6 nitrogen and oxygen atoms in total. The molecular formula is C12H21F3N2O4. The number of nitrogens with one attached hydrogen (secondary N) is 2. The first kappa shape index (κ1) is 19.5. The largest absolute Gasteiger partial charge is 0.481 e. The number of carboxylic acids is 1. The smallest absolute Gasteiger partial charge is 0.411 e. The molecule has 0 spiro atoms. The summed E-state index contributed by atoms with van der Waals surface area (Å²) < 4.78 is 39.5. The van der Waals surface area contributed by atoms with Gasteiger partial charge in [0.05, 0.1) is 6.61 Å². The molecule has 3 N–H and O–H groups in total. The molecule has 21 heavy (non-hydrogen) atoms. The molecule has 0 aromatic rings. The van der Waals surface area contributed by atoms with E-state index in [0.29, 0.717) is 13.0 Å². The summed E-state index contributed by atoms with van der Waals surface area (Å²) in [5.41, 5.74) is 0. The van der Waals surface area contributed by atoms with Crippen LogP contribution < -0.4 is 10.6 Å². The molecule has 0 rings (SSSR count). The van der Waals surface area contributed by atoms with E-state index < -0.39 is 24.8 Å². The number of hydrogen-bond donors (Lipinski definition) is 3. The summed E-state index contributed by atoms with van der Waals surface area (Å²) in [5.74, 6) is -0.819. The summed E-state index contributed by atoms with van der Waals surface area (Å²) in [5, 5.41) is 13.3. The van der Waals surface area contributed by atoms with E-state index in [1.165, 1.54) is 0 Å². The topological polar surface area (TPSA) is 87.7 Å². The van der Waals surface area contributed by atoms with Crippen LogP contribution in [0.15, 0.2) is 0 Å². The minimum atomic E-state index is -4.36. The lowest BCUT2D eigenvalue weighted by molar-refractivity contribution is -0.173. The Morgan fingerprint density at radius 2 is 1.62 bits per heavy atom. The average molecular weight is 314 g/mol. The fourth-order valence-corrected chi connectivity index (χ4v) is 1.44. The van der Waals surface area contributed by atoms with Crippen molar-refractivity contribution in [3.63, 3.8) is 0 Å². The fraction of sp³-hybridized carbons (Fsp3) is 0.833. The molecule has 0 atom stereocenters. The van der Waals surface area contributed by atoms with Crippen molar-refractivity contribution in [2.45, 2.75) is 38.3 Å². The summed E-state index contributed by atoms with van der Waals surface area (Å²) in [6, 6.07) is -0.462. The van der Waals surface area contributed by atoms with Crippen molar-refractivity contribution in [2.75, 3.05) is 26.3 Å². The van der Waals surface area contributed by atoms with Crippen LogP contribution in [0, 0.1) is 0 Å². The third-order valence-corrected chi connectivity index (χ3v) is 2.40. The number of alkyl halides is 3. The van der Waals surface area contributed by atoms with Crippen molar-refractivity contribution in [3.05, 3.63) is 0 Å². The van der Waals surface area contributed by atoms with Crippen LogP contribution in [0.5, 0.6) is 0 Å². The molecule has 0 fully saturated rings. The number of ether oxygens (including phenoxy) is 1. The number of carboxylic acid groups (broad SMARTS) is 1. The zero-order valence-corrected chi connectivity index (χ0v) is 11.7. The summed E-state index contributed by atoms with van der Waals surface area (Å²) in [4.78, 5) is 21.4. The highest BCUT2D eigenvalue weighted by Crippen LogP contribution is 2.13. The molecule has 0 aliphatic heterocycles. The number of unbranched alkanes of at least 4 members (excludes halogenated alkanes) is 3. The number of amides is 2. The Balaban J connectivity index is 3.29. The van der Waals surface area contributed by atoms with Crippen molar-refractivity contribution < 1.29 is 32.6 Å². The van der Waals surface area contributed by atoms with E-state index in [4.69, 9.17) is 5.11 Å². The van der Waals surface area contributed by atoms with Crippen LogP contribution >= 0.6 is 0 Å². The maximum atomic E-state index is 11.7. The lowest BCUT2D eigenvalue weighted by Gasteiger charge is -2.09. The molecule has 2 amide bonds. The number of hydrogen-bond acceptors (Lipinski definition) is 3. The summed E-state index contributed by atoms with van der Waals surface area (Å²) in [7, 11) is 0. The first-order chi connectivity index (χ1) is 9.81. The standard InChI is InChI=1S/C12H21F3N2O4/c13-12(14,15)9-21-8-7-17-11(20)16-6-4-2-1-3-5-10(18)19/h1-9H2,(H,18,19)(H2,16,17,20). The monoisotopic (exact) mass is 314 g/mol. The number of carbonyl (C=O) groups excluding carboxylic acids is 1. The van der Waals surface area contributed by atoms with Crippen LogP contribution in [-0.2, 0) is 9.53 Å². The lowest BCUT2D eigenvalue weighted by Crippen LogP contribution is -2.38. The Hall–Kier alpha value is -1.51. The van der Waals surface area contributed by atoms with Gasteiger partial charge in [0, 0.05) is 19.5 Å². The lowest BCUT2D eigenvalue weighted by atomic mass is 10.1. The number of urea groups is 1. The van der Waals surface area contributed by atoms with Crippen LogP contribution in [0.4, 0.5) is 18.0 Å². The van der Waals surface area contributed by atoms with Gasteiger partial charge in [0.1, 0.15) is 6.61 Å².